The van der Waals surface area contributed by atoms with Crippen LogP contribution >= 0.6 is 0 Å². The van der Waals surface area contributed by atoms with Crippen LogP contribution in [0.2, 0.25) is 0 Å². The van der Waals surface area contributed by atoms with E-state index in [4.69, 9.17) is 18.9 Å². The van der Waals surface area contributed by atoms with Gasteiger partial charge in [0.15, 0.2) is 0 Å². The predicted molar refractivity (Wildman–Crippen MR) is 168 cm³/mol. The third-order valence-corrected chi connectivity index (χ3v) is 13.2. The van der Waals surface area contributed by atoms with Gasteiger partial charge in [0.1, 0.15) is 29.5 Å². The Kier molecular flexibility index (Phi) is 10.2. The number of hydrogen-bond acceptors (Lipinski definition) is 9. The molecule has 12 atom stereocenters. The lowest BCUT2D eigenvalue weighted by Gasteiger charge is -2.67. The first-order valence-corrected chi connectivity index (χ1v) is 17.2. The molecule has 45 heavy (non-hydrogen) atoms. The molecule has 0 heterocycles. The summed E-state index contributed by atoms with van der Waals surface area (Å²) in [7, 11) is 0. The number of aliphatic hydroxyl groups is 1. The molecule has 0 aromatic rings. The lowest BCUT2D eigenvalue weighted by Crippen LogP contribution is -2.73. The van der Waals surface area contributed by atoms with E-state index in [1.807, 2.05) is 20.8 Å². The number of carbonyl (C=O) groups excluding carboxylic acids is 4. The molecule has 4 saturated carbocycles. The molecule has 0 aliphatic heterocycles. The summed E-state index contributed by atoms with van der Waals surface area (Å²) in [6, 6.07) is 0. The Hall–Kier alpha value is -2.16. The summed E-state index contributed by atoms with van der Waals surface area (Å²) in [4.78, 5) is 48.5. The highest BCUT2D eigenvalue weighted by atomic mass is 16.6. The summed E-state index contributed by atoms with van der Waals surface area (Å²) in [5, 5.41) is 12.7. The lowest BCUT2D eigenvalue weighted by atomic mass is 9.41. The van der Waals surface area contributed by atoms with Crippen LogP contribution in [0.3, 0.4) is 0 Å². The van der Waals surface area contributed by atoms with Crippen molar-refractivity contribution in [3.8, 4) is 0 Å². The van der Waals surface area contributed by atoms with E-state index in [9.17, 15) is 24.3 Å². The second kappa shape index (κ2) is 12.8. The molecule has 4 fully saturated rings. The van der Waals surface area contributed by atoms with Gasteiger partial charge in [0.2, 0.25) is 0 Å². The van der Waals surface area contributed by atoms with Gasteiger partial charge < -0.3 is 24.1 Å². The van der Waals surface area contributed by atoms with Crippen molar-refractivity contribution >= 4 is 23.9 Å². The quantitative estimate of drug-likeness (QED) is 0.234. The second-order valence-corrected chi connectivity index (χ2v) is 16.1. The molecule has 0 aromatic carbocycles. The first-order chi connectivity index (χ1) is 20.8. The Labute approximate surface area is 269 Å². The molecule has 9 heteroatoms. The van der Waals surface area contributed by atoms with Crippen molar-refractivity contribution in [2.24, 2.45) is 46.3 Å². The smallest absolute Gasteiger partial charge is 0.303 e. The SMILES string of the molecule is CC(=O)O[C@H]1C[C@@H](OC(C)=O)[C@]2(C)[C@H]3CC[C@@]4(C)[C@@H](CC[C@H]4[C@H](C)CC[C@@H](C)C(C)(C)OC(C)=O)[C@@H]3C[C@@H](OC(C)=O)[C@@]2(O)C1. The van der Waals surface area contributed by atoms with Crippen LogP contribution in [-0.2, 0) is 38.1 Å². The molecule has 9 nitrogen and oxygen atoms in total. The van der Waals surface area contributed by atoms with Gasteiger partial charge in [-0.2, -0.15) is 0 Å². The van der Waals surface area contributed by atoms with Gasteiger partial charge in [-0.1, -0.05) is 34.1 Å². The van der Waals surface area contributed by atoms with Gasteiger partial charge in [-0.05, 0) is 93.3 Å². The summed E-state index contributed by atoms with van der Waals surface area (Å²) in [5.74, 6) is 0.226. The summed E-state index contributed by atoms with van der Waals surface area (Å²) in [6.45, 7) is 18.5. The highest BCUT2D eigenvalue weighted by Gasteiger charge is 2.72. The van der Waals surface area contributed by atoms with E-state index in [1.165, 1.54) is 27.7 Å². The molecule has 0 unspecified atom stereocenters. The topological polar surface area (TPSA) is 125 Å². The minimum atomic E-state index is -1.53. The molecule has 0 radical (unpaired) electrons. The maximum atomic E-state index is 12.7. The van der Waals surface area contributed by atoms with E-state index in [-0.39, 0.29) is 35.6 Å². The zero-order valence-corrected chi connectivity index (χ0v) is 29.3. The number of esters is 4. The first-order valence-electron chi connectivity index (χ1n) is 17.2. The van der Waals surface area contributed by atoms with E-state index >= 15 is 0 Å². The molecule has 0 spiro atoms. The Morgan fingerprint density at radius 3 is 1.98 bits per heavy atom. The maximum Gasteiger partial charge on any atom is 0.303 e. The average molecular weight is 635 g/mol. The highest BCUT2D eigenvalue weighted by molar-refractivity contribution is 5.68. The zero-order valence-electron chi connectivity index (χ0n) is 29.3. The Morgan fingerprint density at radius 2 is 1.40 bits per heavy atom. The van der Waals surface area contributed by atoms with Crippen LogP contribution in [-0.4, -0.2) is 58.5 Å². The van der Waals surface area contributed by atoms with Crippen LogP contribution in [0.4, 0.5) is 0 Å². The molecular weight excluding hydrogens is 576 g/mol. The van der Waals surface area contributed by atoms with E-state index < -0.39 is 52.8 Å². The summed E-state index contributed by atoms with van der Waals surface area (Å²) < 4.78 is 23.2. The number of carbonyl (C=O) groups is 4. The van der Waals surface area contributed by atoms with Crippen LogP contribution in [0.1, 0.15) is 127 Å². The monoisotopic (exact) mass is 634 g/mol. The van der Waals surface area contributed by atoms with Crippen molar-refractivity contribution in [2.75, 3.05) is 0 Å². The molecule has 4 aliphatic rings. The van der Waals surface area contributed by atoms with Crippen LogP contribution < -0.4 is 0 Å². The van der Waals surface area contributed by atoms with Crippen LogP contribution in [0.25, 0.3) is 0 Å². The highest BCUT2D eigenvalue weighted by Crippen LogP contribution is 2.70. The van der Waals surface area contributed by atoms with Gasteiger partial charge in [0.05, 0.1) is 0 Å². The largest absolute Gasteiger partial charge is 0.462 e. The summed E-state index contributed by atoms with van der Waals surface area (Å²) in [5.41, 5.74) is -2.84. The molecule has 0 bridgehead atoms. The van der Waals surface area contributed by atoms with Crippen molar-refractivity contribution < 1.29 is 43.2 Å². The van der Waals surface area contributed by atoms with Gasteiger partial charge in [-0.25, -0.2) is 0 Å². The molecule has 1 N–H and O–H groups in total. The van der Waals surface area contributed by atoms with Gasteiger partial charge in [0, 0.05) is 46.0 Å². The summed E-state index contributed by atoms with van der Waals surface area (Å²) >= 11 is 0. The zero-order chi connectivity index (χ0) is 33.7. The van der Waals surface area contributed by atoms with Gasteiger partial charge in [-0.15, -0.1) is 0 Å². The third kappa shape index (κ3) is 6.53. The fourth-order valence-electron chi connectivity index (χ4n) is 10.8. The Morgan fingerprint density at radius 1 is 0.800 bits per heavy atom. The van der Waals surface area contributed by atoms with Crippen molar-refractivity contribution in [3.63, 3.8) is 0 Å². The summed E-state index contributed by atoms with van der Waals surface area (Å²) in [6.07, 6.45) is 4.90. The molecule has 0 amide bonds. The van der Waals surface area contributed by atoms with Crippen LogP contribution in [0, 0.1) is 46.3 Å². The van der Waals surface area contributed by atoms with E-state index in [0.717, 1.165) is 38.5 Å². The van der Waals surface area contributed by atoms with Crippen molar-refractivity contribution in [2.45, 2.75) is 157 Å². The molecule has 0 saturated heterocycles. The predicted octanol–water partition coefficient (Wildman–Crippen LogP) is 6.17. The average Bonchev–Trinajstić information content (AvgIpc) is 3.25. The second-order valence-electron chi connectivity index (χ2n) is 16.1. The number of fused-ring (bicyclic) bond motifs is 5. The van der Waals surface area contributed by atoms with Crippen molar-refractivity contribution in [1.29, 1.82) is 0 Å². The fourth-order valence-corrected chi connectivity index (χ4v) is 10.8. The minimum absolute atomic E-state index is 0.0496. The maximum absolute atomic E-state index is 12.7. The van der Waals surface area contributed by atoms with Gasteiger partial charge in [-0.3, -0.25) is 19.2 Å². The van der Waals surface area contributed by atoms with Crippen molar-refractivity contribution in [3.05, 3.63) is 0 Å². The van der Waals surface area contributed by atoms with E-state index in [2.05, 4.69) is 20.8 Å². The molecule has 0 aromatic heterocycles. The van der Waals surface area contributed by atoms with Gasteiger partial charge in [0.25, 0.3) is 0 Å². The lowest BCUT2D eigenvalue weighted by molar-refractivity contribution is -0.300. The number of ether oxygens (including phenoxy) is 4. The molecular formula is C36H58O9. The van der Waals surface area contributed by atoms with Crippen LogP contribution in [0.15, 0.2) is 0 Å². The van der Waals surface area contributed by atoms with Crippen molar-refractivity contribution in [1.82, 2.24) is 0 Å². The molecule has 4 aliphatic carbocycles. The molecule has 4 rings (SSSR count). The van der Waals surface area contributed by atoms with Gasteiger partial charge >= 0.3 is 23.9 Å². The standard InChI is InChI=1S/C36H58O9/c1-20(11-12-21(2)33(7,8)45-25(6)40)28-13-14-29-27-18-32(44-24(5)39)36(41)19-26(42-22(3)37)17-31(43-23(4)38)35(36,10)30(27)15-16-34(28,29)9/h20-21,26-32,41H,11-19H2,1-10H3/t20-,21-,26+,27+,28+,29+,30+,31-,32-,34-,35+,36+/m1/s1. The third-order valence-electron chi connectivity index (χ3n) is 13.2. The Bertz CT molecular complexity index is 1150. The minimum Gasteiger partial charge on any atom is -0.462 e. The number of hydrogen-bond donors (Lipinski definition) is 1. The van der Waals surface area contributed by atoms with Crippen LogP contribution in [0.5, 0.6) is 0 Å². The fraction of sp³-hybridized carbons (Fsp3) is 0.889. The number of rotatable bonds is 9. The normalized spacial score (nSPS) is 40.6. The Balaban J connectivity index is 1.63. The van der Waals surface area contributed by atoms with E-state index in [0.29, 0.717) is 30.6 Å². The molecule has 256 valence electrons. The van der Waals surface area contributed by atoms with E-state index in [1.54, 1.807) is 0 Å². The first kappa shape index (κ1) is 35.7.